The highest BCUT2D eigenvalue weighted by molar-refractivity contribution is 6.09. The van der Waals surface area contributed by atoms with Gasteiger partial charge in [0.1, 0.15) is 17.4 Å². The Labute approximate surface area is 147 Å². The van der Waals surface area contributed by atoms with Crippen LogP contribution in [0, 0.1) is 21.4 Å². The van der Waals surface area contributed by atoms with E-state index < -0.39 is 28.3 Å². The van der Waals surface area contributed by atoms with Gasteiger partial charge in [-0.05, 0) is 6.07 Å². The fourth-order valence-electron chi connectivity index (χ4n) is 1.63. The van der Waals surface area contributed by atoms with Crippen LogP contribution in [0.4, 0.5) is 16.2 Å². The van der Waals surface area contributed by atoms with Gasteiger partial charge in [0, 0.05) is 18.7 Å². The Kier molecular flexibility index (Phi) is 7.25. The quantitative estimate of drug-likeness (QED) is 0.294. The summed E-state index contributed by atoms with van der Waals surface area (Å²) >= 11 is 0. The number of carbonyl (C=O) groups is 3. The molecule has 11 nitrogen and oxygen atoms in total. The van der Waals surface area contributed by atoms with E-state index in [-0.39, 0.29) is 23.5 Å². The lowest BCUT2D eigenvalue weighted by Gasteiger charge is -2.08. The van der Waals surface area contributed by atoms with Gasteiger partial charge in [0.05, 0.1) is 23.8 Å². The number of urea groups is 1. The first-order valence-corrected chi connectivity index (χ1v) is 7.16. The number of hydrogen-bond donors (Lipinski definition) is 3. The molecule has 0 atom stereocenters. The number of rotatable bonds is 6. The summed E-state index contributed by atoms with van der Waals surface area (Å²) in [5, 5.41) is 26.1. The first kappa shape index (κ1) is 20.1. The molecule has 0 heterocycles. The van der Waals surface area contributed by atoms with Gasteiger partial charge in [-0.15, -0.1) is 0 Å². The van der Waals surface area contributed by atoms with E-state index in [2.05, 4.69) is 5.32 Å². The van der Waals surface area contributed by atoms with Crippen LogP contribution in [-0.4, -0.2) is 29.9 Å². The topological polar surface area (TPSA) is 163 Å². The molecule has 1 rings (SSSR count). The second-order valence-corrected chi connectivity index (χ2v) is 4.64. The Morgan fingerprint density at radius 1 is 1.35 bits per heavy atom. The van der Waals surface area contributed by atoms with Crippen molar-refractivity contribution in [1.82, 2.24) is 10.6 Å². The smallest absolute Gasteiger partial charge is 0.328 e. The van der Waals surface area contributed by atoms with Crippen LogP contribution in [-0.2, 0) is 9.59 Å². The van der Waals surface area contributed by atoms with Gasteiger partial charge in [0.25, 0.3) is 11.6 Å². The molecule has 1 aromatic rings. The van der Waals surface area contributed by atoms with Crippen molar-refractivity contribution in [2.24, 2.45) is 0 Å². The SMILES string of the molecule is CCC(=O)NC(=O)NC(=O)/C(C#N)=C\Nc1ccc([N+](=O)[O-])cc1OC. The Balaban J connectivity index is 2.89. The van der Waals surface area contributed by atoms with E-state index in [1.807, 2.05) is 10.6 Å². The molecule has 0 unspecified atom stereocenters. The normalized spacial score (nSPS) is 10.3. The molecule has 1 aromatic carbocycles. The molecule has 0 aromatic heterocycles. The summed E-state index contributed by atoms with van der Waals surface area (Å²) in [6, 6.07) is 4.21. The van der Waals surface area contributed by atoms with E-state index in [0.29, 0.717) is 0 Å². The molecule has 0 fully saturated rings. The number of methoxy groups -OCH3 is 1. The van der Waals surface area contributed by atoms with Crippen LogP contribution >= 0.6 is 0 Å². The predicted molar refractivity (Wildman–Crippen MR) is 88.9 cm³/mol. The fourth-order valence-corrected chi connectivity index (χ4v) is 1.63. The summed E-state index contributed by atoms with van der Waals surface area (Å²) in [5.41, 5.74) is -0.416. The van der Waals surface area contributed by atoms with E-state index in [0.717, 1.165) is 12.3 Å². The van der Waals surface area contributed by atoms with E-state index in [4.69, 9.17) is 10.00 Å². The third-order valence-electron chi connectivity index (χ3n) is 2.93. The number of non-ortho nitro benzene ring substituents is 1. The number of nitro benzene ring substituents is 1. The average molecular weight is 361 g/mol. The lowest BCUT2D eigenvalue weighted by molar-refractivity contribution is -0.384. The van der Waals surface area contributed by atoms with Crippen molar-refractivity contribution in [3.8, 4) is 11.8 Å². The zero-order valence-electron chi connectivity index (χ0n) is 13.9. The fraction of sp³-hybridized carbons (Fsp3) is 0.200. The van der Waals surface area contributed by atoms with Gasteiger partial charge >= 0.3 is 6.03 Å². The average Bonchev–Trinajstić information content (AvgIpc) is 2.61. The summed E-state index contributed by atoms with van der Waals surface area (Å²) in [6.45, 7) is 1.52. The number of benzene rings is 1. The van der Waals surface area contributed by atoms with Crippen LogP contribution in [0.25, 0.3) is 0 Å². The largest absolute Gasteiger partial charge is 0.494 e. The first-order chi connectivity index (χ1) is 12.3. The maximum Gasteiger partial charge on any atom is 0.328 e. The van der Waals surface area contributed by atoms with Gasteiger partial charge in [-0.2, -0.15) is 5.26 Å². The van der Waals surface area contributed by atoms with Crippen LogP contribution in [0.5, 0.6) is 5.75 Å². The highest BCUT2D eigenvalue weighted by Crippen LogP contribution is 2.29. The van der Waals surface area contributed by atoms with Crippen LogP contribution in [0.2, 0.25) is 0 Å². The van der Waals surface area contributed by atoms with Gasteiger partial charge in [0.2, 0.25) is 5.91 Å². The lowest BCUT2D eigenvalue weighted by atomic mass is 10.2. The number of ether oxygens (including phenoxy) is 1. The zero-order valence-corrected chi connectivity index (χ0v) is 13.9. The molecule has 4 amide bonds. The summed E-state index contributed by atoms with van der Waals surface area (Å²) < 4.78 is 5.00. The second kappa shape index (κ2) is 9.38. The maximum absolute atomic E-state index is 11.8. The number of anilines is 1. The van der Waals surface area contributed by atoms with Crippen molar-refractivity contribution in [1.29, 1.82) is 5.26 Å². The number of imide groups is 2. The minimum Gasteiger partial charge on any atom is -0.494 e. The highest BCUT2D eigenvalue weighted by atomic mass is 16.6. The Hall–Kier alpha value is -3.94. The molecular weight excluding hydrogens is 346 g/mol. The molecular formula is C15H15N5O6. The number of amides is 4. The van der Waals surface area contributed by atoms with Gasteiger partial charge in [-0.1, -0.05) is 6.92 Å². The summed E-state index contributed by atoms with van der Waals surface area (Å²) in [7, 11) is 1.29. The van der Waals surface area contributed by atoms with E-state index >= 15 is 0 Å². The Morgan fingerprint density at radius 2 is 2.04 bits per heavy atom. The molecule has 0 aliphatic heterocycles. The van der Waals surface area contributed by atoms with Crippen molar-refractivity contribution < 1.29 is 24.0 Å². The summed E-state index contributed by atoms with van der Waals surface area (Å²) in [4.78, 5) is 44.5. The van der Waals surface area contributed by atoms with E-state index in [1.165, 1.54) is 26.2 Å². The highest BCUT2D eigenvalue weighted by Gasteiger charge is 2.15. The van der Waals surface area contributed by atoms with Crippen molar-refractivity contribution in [2.45, 2.75) is 13.3 Å². The number of nitro groups is 1. The predicted octanol–water partition coefficient (Wildman–Crippen LogP) is 1.19. The number of nitrogens with zero attached hydrogens (tertiary/aromatic N) is 2. The molecule has 0 radical (unpaired) electrons. The first-order valence-electron chi connectivity index (χ1n) is 7.16. The van der Waals surface area contributed by atoms with Crippen LogP contribution in [0.15, 0.2) is 30.0 Å². The Morgan fingerprint density at radius 3 is 2.58 bits per heavy atom. The number of hydrogen-bond acceptors (Lipinski definition) is 8. The Bertz CT molecular complexity index is 811. The second-order valence-electron chi connectivity index (χ2n) is 4.64. The molecule has 11 heteroatoms. The molecule has 0 saturated carbocycles. The molecule has 0 bridgehead atoms. The van der Waals surface area contributed by atoms with Gasteiger partial charge in [-0.3, -0.25) is 30.3 Å². The standard InChI is InChI=1S/C15H15N5O6/c1-3-13(21)18-15(23)19-14(22)9(7-16)8-17-11-5-4-10(20(24)25)6-12(11)26-2/h4-6,8,17H,3H2,1-2H3,(H2,18,19,21,22,23)/b9-8-. The van der Waals surface area contributed by atoms with Gasteiger partial charge in [-0.25, -0.2) is 4.79 Å². The van der Waals surface area contributed by atoms with Crippen LogP contribution in [0.1, 0.15) is 13.3 Å². The van der Waals surface area contributed by atoms with Crippen molar-refractivity contribution in [3.05, 3.63) is 40.1 Å². The van der Waals surface area contributed by atoms with Crippen molar-refractivity contribution in [3.63, 3.8) is 0 Å². The van der Waals surface area contributed by atoms with Gasteiger partial charge in [0.15, 0.2) is 0 Å². The van der Waals surface area contributed by atoms with Gasteiger partial charge < -0.3 is 10.1 Å². The zero-order chi connectivity index (χ0) is 19.7. The molecule has 0 spiro atoms. The number of carbonyl (C=O) groups excluding carboxylic acids is 3. The third kappa shape index (κ3) is 5.60. The molecule has 0 saturated heterocycles. The monoisotopic (exact) mass is 361 g/mol. The number of nitriles is 1. The molecule has 26 heavy (non-hydrogen) atoms. The minimum absolute atomic E-state index is 0.0457. The molecule has 136 valence electrons. The molecule has 0 aliphatic carbocycles. The van der Waals surface area contributed by atoms with E-state index in [9.17, 15) is 24.5 Å². The third-order valence-corrected chi connectivity index (χ3v) is 2.93. The van der Waals surface area contributed by atoms with Crippen LogP contribution in [0.3, 0.4) is 0 Å². The van der Waals surface area contributed by atoms with Crippen molar-refractivity contribution >= 4 is 29.2 Å². The molecule has 0 aliphatic rings. The van der Waals surface area contributed by atoms with E-state index in [1.54, 1.807) is 6.07 Å². The number of nitrogens with one attached hydrogen (secondary N) is 3. The van der Waals surface area contributed by atoms with Crippen molar-refractivity contribution in [2.75, 3.05) is 12.4 Å². The maximum atomic E-state index is 11.8. The minimum atomic E-state index is -1.06. The lowest BCUT2D eigenvalue weighted by Crippen LogP contribution is -2.42. The molecule has 3 N–H and O–H groups in total. The summed E-state index contributed by atoms with van der Waals surface area (Å²) in [6.07, 6.45) is 1.04. The summed E-state index contributed by atoms with van der Waals surface area (Å²) in [5.74, 6) is -1.52. The van der Waals surface area contributed by atoms with Crippen LogP contribution < -0.4 is 20.7 Å².